The van der Waals surface area contributed by atoms with Gasteiger partial charge in [-0.2, -0.15) is 0 Å². The van der Waals surface area contributed by atoms with E-state index in [-0.39, 0.29) is 5.41 Å². The van der Waals surface area contributed by atoms with Crippen molar-refractivity contribution in [2.75, 3.05) is 17.7 Å². The zero-order valence-electron chi connectivity index (χ0n) is 12.5. The van der Waals surface area contributed by atoms with Gasteiger partial charge in [0.05, 0.1) is 5.39 Å². The molecule has 1 fully saturated rings. The van der Waals surface area contributed by atoms with Crippen LogP contribution in [0.15, 0.2) is 12.4 Å². The Hall–Kier alpha value is -0.870. The first kappa shape index (κ1) is 15.0. The van der Waals surface area contributed by atoms with Crippen molar-refractivity contribution in [1.82, 2.24) is 9.97 Å². The lowest BCUT2D eigenvalue weighted by Crippen LogP contribution is -2.34. The molecule has 3 rings (SSSR count). The van der Waals surface area contributed by atoms with Gasteiger partial charge in [-0.3, -0.25) is 0 Å². The predicted molar refractivity (Wildman–Crippen MR) is 91.5 cm³/mol. The van der Waals surface area contributed by atoms with Crippen molar-refractivity contribution < 1.29 is 0 Å². The number of alkyl halides is 1. The van der Waals surface area contributed by atoms with Crippen molar-refractivity contribution >= 4 is 39.0 Å². The van der Waals surface area contributed by atoms with Crippen LogP contribution in [-0.4, -0.2) is 22.4 Å². The van der Waals surface area contributed by atoms with Gasteiger partial charge in [-0.1, -0.05) is 26.2 Å². The average Bonchev–Trinajstić information content (AvgIpc) is 2.97. The molecule has 2 heterocycles. The smallest absolute Gasteiger partial charge is 0.138 e. The van der Waals surface area contributed by atoms with Gasteiger partial charge in [0.15, 0.2) is 0 Å². The van der Waals surface area contributed by atoms with E-state index in [0.717, 1.165) is 34.9 Å². The molecule has 2 aromatic rings. The van der Waals surface area contributed by atoms with E-state index in [1.54, 1.807) is 17.7 Å². The maximum Gasteiger partial charge on any atom is 0.138 e. The molecule has 0 aliphatic heterocycles. The molecule has 2 aromatic heterocycles. The number of aryl methyl sites for hydroxylation is 1. The summed E-state index contributed by atoms with van der Waals surface area (Å²) in [5.41, 5.74) is 0.237. The van der Waals surface area contributed by atoms with Crippen LogP contribution < -0.4 is 5.32 Å². The molecule has 21 heavy (non-hydrogen) atoms. The molecule has 0 atom stereocenters. The number of nitrogens with zero attached hydrogens (tertiary/aromatic N) is 2. The Morgan fingerprint density at radius 2 is 2.10 bits per heavy atom. The highest BCUT2D eigenvalue weighted by molar-refractivity contribution is 7.18. The number of anilines is 1. The van der Waals surface area contributed by atoms with E-state index in [2.05, 4.69) is 28.3 Å². The number of aromatic nitrogens is 2. The first-order valence-corrected chi connectivity index (χ1v) is 9.15. The van der Waals surface area contributed by atoms with E-state index >= 15 is 0 Å². The molecule has 114 valence electrons. The molecular formula is C16H22ClN3S. The number of thiophene rings is 1. The molecular weight excluding hydrogens is 302 g/mol. The fourth-order valence-corrected chi connectivity index (χ4v) is 4.45. The van der Waals surface area contributed by atoms with Crippen molar-refractivity contribution in [2.24, 2.45) is 5.41 Å². The Bertz CT molecular complexity index is 605. The Balaban J connectivity index is 1.79. The fourth-order valence-electron chi connectivity index (χ4n) is 3.15. The van der Waals surface area contributed by atoms with Crippen LogP contribution in [0.5, 0.6) is 0 Å². The quantitative estimate of drug-likeness (QED) is 0.799. The second-order valence-electron chi connectivity index (χ2n) is 6.06. The maximum atomic E-state index is 6.28. The summed E-state index contributed by atoms with van der Waals surface area (Å²) in [5.74, 6) is 1.70. The van der Waals surface area contributed by atoms with Gasteiger partial charge in [0.1, 0.15) is 17.0 Å². The summed E-state index contributed by atoms with van der Waals surface area (Å²) in [6.07, 6.45) is 9.10. The molecule has 1 aliphatic carbocycles. The summed E-state index contributed by atoms with van der Waals surface area (Å²) >= 11 is 8.04. The molecule has 0 amide bonds. The average molecular weight is 324 g/mol. The van der Waals surface area contributed by atoms with Gasteiger partial charge in [-0.25, -0.2) is 9.97 Å². The number of fused-ring (bicyclic) bond motifs is 1. The topological polar surface area (TPSA) is 37.8 Å². The van der Waals surface area contributed by atoms with Crippen LogP contribution >= 0.6 is 22.9 Å². The van der Waals surface area contributed by atoms with Gasteiger partial charge in [0.2, 0.25) is 0 Å². The summed E-state index contributed by atoms with van der Waals surface area (Å²) in [4.78, 5) is 11.3. The van der Waals surface area contributed by atoms with E-state index in [0.29, 0.717) is 0 Å². The SMILES string of the molecule is CCc1cc2c(NCC3(CCl)CCCCC3)ncnc2s1. The first-order chi connectivity index (χ1) is 10.3. The molecule has 0 radical (unpaired) electrons. The molecule has 3 nitrogen and oxygen atoms in total. The maximum absolute atomic E-state index is 6.28. The van der Waals surface area contributed by atoms with Crippen LogP contribution in [-0.2, 0) is 6.42 Å². The molecule has 0 saturated heterocycles. The number of halogens is 1. The fraction of sp³-hybridized carbons (Fsp3) is 0.625. The molecule has 1 N–H and O–H groups in total. The van der Waals surface area contributed by atoms with Crippen molar-refractivity contribution in [3.05, 3.63) is 17.3 Å². The summed E-state index contributed by atoms with van der Waals surface area (Å²) < 4.78 is 0. The molecule has 0 aromatic carbocycles. The van der Waals surface area contributed by atoms with Crippen molar-refractivity contribution in [2.45, 2.75) is 45.4 Å². The van der Waals surface area contributed by atoms with E-state index in [1.807, 2.05) is 0 Å². The van der Waals surface area contributed by atoms with Crippen molar-refractivity contribution in [3.8, 4) is 0 Å². The van der Waals surface area contributed by atoms with Crippen LogP contribution in [0.3, 0.4) is 0 Å². The van der Waals surface area contributed by atoms with Crippen LogP contribution in [0, 0.1) is 5.41 Å². The van der Waals surface area contributed by atoms with E-state index < -0.39 is 0 Å². The minimum absolute atomic E-state index is 0.237. The Morgan fingerprint density at radius 1 is 1.29 bits per heavy atom. The Labute approximate surface area is 135 Å². The summed E-state index contributed by atoms with van der Waals surface area (Å²) in [5, 5.41) is 4.71. The normalized spacial score (nSPS) is 18.0. The van der Waals surface area contributed by atoms with E-state index in [1.165, 1.54) is 37.0 Å². The predicted octanol–water partition coefficient (Wildman–Crippen LogP) is 4.85. The van der Waals surface area contributed by atoms with E-state index in [9.17, 15) is 0 Å². The third kappa shape index (κ3) is 3.16. The summed E-state index contributed by atoms with van der Waals surface area (Å²) in [7, 11) is 0. The van der Waals surface area contributed by atoms with Gasteiger partial charge in [-0.15, -0.1) is 22.9 Å². The van der Waals surface area contributed by atoms with Crippen LogP contribution in [0.1, 0.15) is 43.9 Å². The molecule has 0 bridgehead atoms. The Kier molecular flexibility index (Phi) is 4.65. The van der Waals surface area contributed by atoms with Crippen molar-refractivity contribution in [1.29, 1.82) is 0 Å². The zero-order valence-corrected chi connectivity index (χ0v) is 14.1. The number of hydrogen-bond acceptors (Lipinski definition) is 4. The van der Waals surface area contributed by atoms with Gasteiger partial charge in [-0.05, 0) is 25.3 Å². The molecule has 5 heteroatoms. The molecule has 1 saturated carbocycles. The standard InChI is InChI=1S/C16H22ClN3S/c1-2-12-8-13-14(19-11-20-15(13)21-12)18-10-16(9-17)6-4-3-5-7-16/h8,11H,2-7,9-10H2,1H3,(H,18,19,20). The van der Waals surface area contributed by atoms with Gasteiger partial charge in [0, 0.05) is 22.7 Å². The van der Waals surface area contributed by atoms with Crippen LogP contribution in [0.25, 0.3) is 10.2 Å². The van der Waals surface area contributed by atoms with E-state index in [4.69, 9.17) is 11.6 Å². The third-order valence-electron chi connectivity index (χ3n) is 4.56. The highest BCUT2D eigenvalue weighted by Crippen LogP contribution is 2.38. The molecule has 0 spiro atoms. The number of rotatable bonds is 5. The zero-order chi connectivity index (χ0) is 14.7. The molecule has 1 aliphatic rings. The second-order valence-corrected chi connectivity index (χ2v) is 7.44. The van der Waals surface area contributed by atoms with Crippen molar-refractivity contribution in [3.63, 3.8) is 0 Å². The summed E-state index contributed by atoms with van der Waals surface area (Å²) in [6, 6.07) is 2.22. The number of nitrogens with one attached hydrogen (secondary N) is 1. The molecule has 0 unspecified atom stereocenters. The highest BCUT2D eigenvalue weighted by atomic mass is 35.5. The van der Waals surface area contributed by atoms with Gasteiger partial charge < -0.3 is 5.32 Å². The largest absolute Gasteiger partial charge is 0.369 e. The second kappa shape index (κ2) is 6.49. The highest BCUT2D eigenvalue weighted by Gasteiger charge is 2.31. The van der Waals surface area contributed by atoms with Crippen LogP contribution in [0.4, 0.5) is 5.82 Å². The van der Waals surface area contributed by atoms with Gasteiger partial charge >= 0.3 is 0 Å². The first-order valence-electron chi connectivity index (χ1n) is 7.79. The van der Waals surface area contributed by atoms with Crippen LogP contribution in [0.2, 0.25) is 0 Å². The summed E-state index contributed by atoms with van der Waals surface area (Å²) in [6.45, 7) is 3.09. The lowest BCUT2D eigenvalue weighted by Gasteiger charge is -2.35. The van der Waals surface area contributed by atoms with Gasteiger partial charge in [0.25, 0.3) is 0 Å². The number of hydrogen-bond donors (Lipinski definition) is 1. The lowest BCUT2D eigenvalue weighted by molar-refractivity contribution is 0.238. The Morgan fingerprint density at radius 3 is 2.81 bits per heavy atom. The minimum atomic E-state index is 0.237. The minimum Gasteiger partial charge on any atom is -0.369 e. The lowest BCUT2D eigenvalue weighted by atomic mass is 9.75. The third-order valence-corrected chi connectivity index (χ3v) is 6.31. The monoisotopic (exact) mass is 323 g/mol.